The van der Waals surface area contributed by atoms with Gasteiger partial charge in [0.2, 0.25) is 0 Å². The van der Waals surface area contributed by atoms with Crippen LogP contribution in [-0.2, 0) is 4.74 Å². The number of benzene rings is 1. The molecule has 0 spiro atoms. The third kappa shape index (κ3) is 6.46. The molecule has 0 aliphatic heterocycles. The number of hydrogen-bond donors (Lipinski definition) is 1. The average molecular weight is 318 g/mol. The third-order valence-corrected chi connectivity index (χ3v) is 4.04. The Balaban J connectivity index is 2.29. The number of halogens is 1. The lowest BCUT2D eigenvalue weighted by atomic mass is 10.4. The molecule has 0 aliphatic rings. The summed E-state index contributed by atoms with van der Waals surface area (Å²) in [6, 6.07) is 8.83. The molecule has 0 bridgehead atoms. The molecular weight excluding hydrogens is 298 g/mol. The molecule has 4 heteroatoms. The van der Waals surface area contributed by atoms with Crippen LogP contribution >= 0.6 is 27.7 Å². The minimum absolute atomic E-state index is 0.412. The summed E-state index contributed by atoms with van der Waals surface area (Å²) >= 11 is 5.30. The maximum atomic E-state index is 5.56. The van der Waals surface area contributed by atoms with Crippen molar-refractivity contribution in [1.29, 1.82) is 0 Å². The van der Waals surface area contributed by atoms with E-state index in [-0.39, 0.29) is 0 Å². The van der Waals surface area contributed by atoms with Crippen molar-refractivity contribution in [2.24, 2.45) is 0 Å². The van der Waals surface area contributed by atoms with E-state index < -0.39 is 0 Å². The summed E-state index contributed by atoms with van der Waals surface area (Å²) in [5, 5.41) is 3.29. The van der Waals surface area contributed by atoms with Crippen molar-refractivity contribution >= 4 is 27.7 Å². The van der Waals surface area contributed by atoms with Gasteiger partial charge in [0, 0.05) is 27.8 Å². The number of likely N-dealkylation sites (N-methyl/N-ethyl adjacent to an activating group) is 1. The highest BCUT2D eigenvalue weighted by atomic mass is 79.9. The molecule has 1 aromatic rings. The molecule has 0 fully saturated rings. The maximum absolute atomic E-state index is 5.56. The Hall–Kier alpha value is -0.0300. The Kier molecular flexibility index (Phi) is 7.93. The molecular formula is C13H20BrNOS. The van der Waals surface area contributed by atoms with E-state index in [4.69, 9.17) is 4.74 Å². The number of nitrogens with one attached hydrogen (secondary N) is 1. The molecule has 0 saturated carbocycles. The topological polar surface area (TPSA) is 21.3 Å². The van der Waals surface area contributed by atoms with Gasteiger partial charge >= 0.3 is 0 Å². The molecule has 96 valence electrons. The molecule has 0 radical (unpaired) electrons. The summed E-state index contributed by atoms with van der Waals surface area (Å²) in [7, 11) is 1.99. The van der Waals surface area contributed by atoms with Gasteiger partial charge in [0.1, 0.15) is 0 Å². The Morgan fingerprint density at radius 3 is 2.65 bits per heavy atom. The number of rotatable bonds is 8. The number of ether oxygens (including phenoxy) is 1. The van der Waals surface area contributed by atoms with Gasteiger partial charge in [0.25, 0.3) is 0 Å². The van der Waals surface area contributed by atoms with Crippen LogP contribution in [-0.4, -0.2) is 32.1 Å². The first-order valence-electron chi connectivity index (χ1n) is 5.89. The Morgan fingerprint density at radius 1 is 1.35 bits per heavy atom. The summed E-state index contributed by atoms with van der Waals surface area (Å²) < 4.78 is 6.68. The lowest BCUT2D eigenvalue weighted by molar-refractivity contribution is 0.119. The summed E-state index contributed by atoms with van der Waals surface area (Å²) in [5.74, 6) is 1.03. The maximum Gasteiger partial charge on any atom is 0.0627 e. The molecule has 0 saturated heterocycles. The minimum atomic E-state index is 0.412. The quantitative estimate of drug-likeness (QED) is 0.585. The SMILES string of the molecule is CCCOCC(CSc1ccc(Br)cc1)NC. The number of hydrogen-bond acceptors (Lipinski definition) is 3. The molecule has 17 heavy (non-hydrogen) atoms. The molecule has 1 atom stereocenters. The van der Waals surface area contributed by atoms with Crippen molar-refractivity contribution in [3.63, 3.8) is 0 Å². The summed E-state index contributed by atoms with van der Waals surface area (Å²) in [6.07, 6.45) is 1.08. The van der Waals surface area contributed by atoms with E-state index >= 15 is 0 Å². The van der Waals surface area contributed by atoms with Gasteiger partial charge in [-0.2, -0.15) is 0 Å². The molecule has 0 aliphatic carbocycles. The van der Waals surface area contributed by atoms with Crippen LogP contribution in [0.15, 0.2) is 33.6 Å². The van der Waals surface area contributed by atoms with Crippen LogP contribution < -0.4 is 5.32 Å². The van der Waals surface area contributed by atoms with E-state index in [9.17, 15) is 0 Å². The van der Waals surface area contributed by atoms with E-state index in [1.165, 1.54) is 4.90 Å². The van der Waals surface area contributed by atoms with Crippen molar-refractivity contribution in [1.82, 2.24) is 5.32 Å². The molecule has 1 aromatic carbocycles. The largest absolute Gasteiger partial charge is 0.380 e. The molecule has 1 N–H and O–H groups in total. The van der Waals surface area contributed by atoms with Crippen LogP contribution in [0.4, 0.5) is 0 Å². The van der Waals surface area contributed by atoms with Crippen LogP contribution in [0.2, 0.25) is 0 Å². The van der Waals surface area contributed by atoms with Crippen LogP contribution in [0.5, 0.6) is 0 Å². The molecule has 0 amide bonds. The normalized spacial score (nSPS) is 12.6. The van der Waals surface area contributed by atoms with E-state index in [2.05, 4.69) is 52.4 Å². The molecule has 1 unspecified atom stereocenters. The highest BCUT2D eigenvalue weighted by Crippen LogP contribution is 2.21. The second kappa shape index (κ2) is 8.97. The standard InChI is InChI=1S/C13H20BrNOS/c1-3-8-16-9-12(15-2)10-17-13-6-4-11(14)5-7-13/h4-7,12,15H,3,8-10H2,1-2H3. The van der Waals surface area contributed by atoms with E-state index in [0.29, 0.717) is 6.04 Å². The zero-order valence-electron chi connectivity index (χ0n) is 10.4. The average Bonchev–Trinajstić information content (AvgIpc) is 2.35. The lowest BCUT2D eigenvalue weighted by Crippen LogP contribution is -2.32. The fraction of sp³-hybridized carbons (Fsp3) is 0.538. The molecule has 2 nitrogen and oxygen atoms in total. The third-order valence-electron chi connectivity index (χ3n) is 2.34. The predicted octanol–water partition coefficient (Wildman–Crippen LogP) is 3.56. The molecule has 1 rings (SSSR count). The van der Waals surface area contributed by atoms with Gasteiger partial charge in [-0.15, -0.1) is 11.8 Å². The van der Waals surface area contributed by atoms with E-state index in [1.54, 1.807) is 0 Å². The second-order valence-corrected chi connectivity index (χ2v) is 5.83. The van der Waals surface area contributed by atoms with Crippen molar-refractivity contribution in [3.05, 3.63) is 28.7 Å². The van der Waals surface area contributed by atoms with Crippen molar-refractivity contribution in [2.75, 3.05) is 26.0 Å². The second-order valence-electron chi connectivity index (χ2n) is 3.83. The first kappa shape index (κ1) is 15.0. The smallest absolute Gasteiger partial charge is 0.0627 e. The fourth-order valence-electron chi connectivity index (χ4n) is 1.31. The van der Waals surface area contributed by atoms with Crippen LogP contribution in [0.3, 0.4) is 0 Å². The van der Waals surface area contributed by atoms with Crippen LogP contribution in [0, 0.1) is 0 Å². The van der Waals surface area contributed by atoms with Crippen molar-refractivity contribution in [2.45, 2.75) is 24.3 Å². The summed E-state index contributed by atoms with van der Waals surface area (Å²) in [4.78, 5) is 1.30. The van der Waals surface area contributed by atoms with Crippen molar-refractivity contribution in [3.8, 4) is 0 Å². The summed E-state index contributed by atoms with van der Waals surface area (Å²) in [6.45, 7) is 3.76. The van der Waals surface area contributed by atoms with Gasteiger partial charge in [-0.05, 0) is 37.7 Å². The Bertz CT molecular complexity index is 305. The van der Waals surface area contributed by atoms with Crippen LogP contribution in [0.25, 0.3) is 0 Å². The zero-order chi connectivity index (χ0) is 12.5. The fourth-order valence-corrected chi connectivity index (χ4v) is 2.56. The van der Waals surface area contributed by atoms with Gasteiger partial charge in [-0.25, -0.2) is 0 Å². The van der Waals surface area contributed by atoms with Gasteiger partial charge in [-0.3, -0.25) is 0 Å². The number of thioether (sulfide) groups is 1. The zero-order valence-corrected chi connectivity index (χ0v) is 12.8. The van der Waals surface area contributed by atoms with Gasteiger partial charge < -0.3 is 10.1 Å². The molecule has 0 aromatic heterocycles. The lowest BCUT2D eigenvalue weighted by Gasteiger charge is -2.15. The van der Waals surface area contributed by atoms with Gasteiger partial charge in [0.05, 0.1) is 6.61 Å². The monoisotopic (exact) mass is 317 g/mol. The first-order chi connectivity index (χ1) is 8.26. The van der Waals surface area contributed by atoms with Gasteiger partial charge in [0.15, 0.2) is 0 Å². The Labute approximate surface area is 117 Å². The minimum Gasteiger partial charge on any atom is -0.380 e. The van der Waals surface area contributed by atoms with Crippen LogP contribution in [0.1, 0.15) is 13.3 Å². The Morgan fingerprint density at radius 2 is 2.06 bits per heavy atom. The highest BCUT2D eigenvalue weighted by molar-refractivity contribution is 9.10. The van der Waals surface area contributed by atoms with Crippen molar-refractivity contribution < 1.29 is 4.74 Å². The first-order valence-corrected chi connectivity index (χ1v) is 7.67. The highest BCUT2D eigenvalue weighted by Gasteiger charge is 2.06. The molecule has 0 heterocycles. The predicted molar refractivity (Wildman–Crippen MR) is 78.8 cm³/mol. The van der Waals surface area contributed by atoms with Gasteiger partial charge in [-0.1, -0.05) is 22.9 Å². The van der Waals surface area contributed by atoms with E-state index in [1.807, 2.05) is 18.8 Å². The summed E-state index contributed by atoms with van der Waals surface area (Å²) in [5.41, 5.74) is 0. The van der Waals surface area contributed by atoms with E-state index in [0.717, 1.165) is 29.9 Å².